The molecule has 1 heterocycles. The number of hydrogen-bond acceptors (Lipinski definition) is 2. The van der Waals surface area contributed by atoms with E-state index in [2.05, 4.69) is 0 Å². The molecule has 0 unspecified atom stereocenters. The predicted octanol–water partition coefficient (Wildman–Crippen LogP) is 3.38. The summed E-state index contributed by atoms with van der Waals surface area (Å²) in [4.78, 5) is 0. The van der Waals surface area contributed by atoms with Crippen molar-refractivity contribution in [2.75, 3.05) is 0 Å². The Morgan fingerprint density at radius 2 is 1.67 bits per heavy atom. The topological polar surface area (TPSA) is 43.4 Å². The van der Waals surface area contributed by atoms with Crippen molar-refractivity contribution in [3.05, 3.63) is 35.9 Å². The minimum absolute atomic E-state index is 0.263. The summed E-state index contributed by atoms with van der Waals surface area (Å²) < 4.78 is 0. The van der Waals surface area contributed by atoms with Gasteiger partial charge in [-0.15, -0.1) is 10.3 Å². The largest absolute Gasteiger partial charge is 0.508 e. The zero-order valence-electron chi connectivity index (χ0n) is 11.4. The van der Waals surface area contributed by atoms with Crippen LogP contribution in [0.15, 0.2) is 30.3 Å². The molecule has 1 aliphatic rings. The lowest BCUT2D eigenvalue weighted by molar-refractivity contribution is -0.260. The second-order valence-corrected chi connectivity index (χ2v) is 6.15. The maximum atomic E-state index is 12.2. The van der Waals surface area contributed by atoms with Crippen LogP contribution in [0.3, 0.4) is 0 Å². The number of rotatable bonds is 1. The van der Waals surface area contributed by atoms with E-state index in [0.717, 1.165) is 11.1 Å². The molecule has 0 saturated heterocycles. The fourth-order valence-electron chi connectivity index (χ4n) is 2.71. The molecule has 2 rings (SSSR count). The highest BCUT2D eigenvalue weighted by Crippen LogP contribution is 2.39. The molecular formula is C15H20NO2. The highest BCUT2D eigenvalue weighted by atomic mass is 16.5. The minimum Gasteiger partial charge on any atom is -0.508 e. The van der Waals surface area contributed by atoms with Crippen LogP contribution in [0.1, 0.15) is 39.7 Å². The standard InChI is InChI=1S/C15H20NO2/c1-14(2)9-12(10-15(3,4)16(14)18)11-5-7-13(17)8-6-11/h5-9,17H,10H2,1-4H3. The van der Waals surface area contributed by atoms with Gasteiger partial charge in [-0.1, -0.05) is 18.2 Å². The van der Waals surface area contributed by atoms with Crippen molar-refractivity contribution in [1.29, 1.82) is 0 Å². The van der Waals surface area contributed by atoms with E-state index in [0.29, 0.717) is 6.42 Å². The first-order chi connectivity index (χ1) is 8.22. The Labute approximate surface area is 108 Å². The fraction of sp³-hybridized carbons (Fsp3) is 0.467. The number of phenols is 1. The first-order valence-corrected chi connectivity index (χ1v) is 6.21. The van der Waals surface area contributed by atoms with Gasteiger partial charge in [0.25, 0.3) is 0 Å². The Kier molecular flexibility index (Phi) is 2.99. The van der Waals surface area contributed by atoms with Gasteiger partial charge in [0.15, 0.2) is 0 Å². The zero-order valence-corrected chi connectivity index (χ0v) is 11.4. The maximum absolute atomic E-state index is 12.2. The Balaban J connectivity index is 2.43. The number of nitrogens with zero attached hydrogens (tertiary/aromatic N) is 1. The van der Waals surface area contributed by atoms with Gasteiger partial charge in [0.05, 0.1) is 5.54 Å². The van der Waals surface area contributed by atoms with Gasteiger partial charge >= 0.3 is 0 Å². The van der Waals surface area contributed by atoms with E-state index < -0.39 is 11.1 Å². The minimum atomic E-state index is -0.505. The van der Waals surface area contributed by atoms with E-state index in [-0.39, 0.29) is 5.75 Å². The van der Waals surface area contributed by atoms with Gasteiger partial charge in [-0.25, -0.2) is 0 Å². The normalized spacial score (nSPS) is 22.6. The summed E-state index contributed by atoms with van der Waals surface area (Å²) >= 11 is 0. The summed E-state index contributed by atoms with van der Waals surface area (Å²) in [6.07, 6.45) is 2.74. The number of hydrogen-bond donors (Lipinski definition) is 1. The third-order valence-electron chi connectivity index (χ3n) is 3.46. The van der Waals surface area contributed by atoms with Gasteiger partial charge in [0.2, 0.25) is 0 Å². The van der Waals surface area contributed by atoms with Crippen LogP contribution in [0, 0.1) is 0 Å². The molecule has 0 amide bonds. The van der Waals surface area contributed by atoms with Crippen LogP contribution in [0.25, 0.3) is 5.57 Å². The molecule has 0 spiro atoms. The van der Waals surface area contributed by atoms with Crippen molar-refractivity contribution < 1.29 is 10.3 Å². The predicted molar refractivity (Wildman–Crippen MR) is 71.4 cm³/mol. The highest BCUT2D eigenvalue weighted by molar-refractivity contribution is 5.69. The molecular weight excluding hydrogens is 226 g/mol. The highest BCUT2D eigenvalue weighted by Gasteiger charge is 2.41. The molecule has 0 atom stereocenters. The van der Waals surface area contributed by atoms with E-state index >= 15 is 0 Å². The van der Waals surface area contributed by atoms with Crippen LogP contribution in [0.5, 0.6) is 5.75 Å². The lowest BCUT2D eigenvalue weighted by Crippen LogP contribution is -2.54. The maximum Gasteiger partial charge on any atom is 0.115 e. The van der Waals surface area contributed by atoms with E-state index in [1.807, 2.05) is 45.9 Å². The average molecular weight is 246 g/mol. The van der Waals surface area contributed by atoms with E-state index in [1.54, 1.807) is 12.1 Å². The van der Waals surface area contributed by atoms with Crippen molar-refractivity contribution >= 4 is 5.57 Å². The number of hydroxylamine groups is 2. The second kappa shape index (κ2) is 4.11. The van der Waals surface area contributed by atoms with Crippen molar-refractivity contribution in [2.24, 2.45) is 0 Å². The molecule has 97 valence electrons. The summed E-state index contributed by atoms with van der Waals surface area (Å²) in [6.45, 7) is 7.80. The number of benzene rings is 1. The molecule has 0 bridgehead atoms. The molecule has 1 N–H and O–H groups in total. The first kappa shape index (κ1) is 13.1. The Morgan fingerprint density at radius 1 is 1.11 bits per heavy atom. The van der Waals surface area contributed by atoms with Gasteiger partial charge in [0.1, 0.15) is 5.75 Å². The van der Waals surface area contributed by atoms with E-state index in [1.165, 1.54) is 5.06 Å². The summed E-state index contributed by atoms with van der Waals surface area (Å²) in [5.41, 5.74) is 1.32. The second-order valence-electron chi connectivity index (χ2n) is 6.15. The van der Waals surface area contributed by atoms with Crippen molar-refractivity contribution in [1.82, 2.24) is 5.06 Å². The summed E-state index contributed by atoms with van der Waals surface area (Å²) in [5.74, 6) is 0.263. The van der Waals surface area contributed by atoms with Crippen LogP contribution >= 0.6 is 0 Å². The van der Waals surface area contributed by atoms with Crippen LogP contribution in [0.2, 0.25) is 0 Å². The molecule has 18 heavy (non-hydrogen) atoms. The monoisotopic (exact) mass is 246 g/mol. The third-order valence-corrected chi connectivity index (χ3v) is 3.46. The molecule has 0 saturated carbocycles. The Bertz CT molecular complexity index is 472. The van der Waals surface area contributed by atoms with Gasteiger partial charge in [-0.05, 0) is 57.4 Å². The van der Waals surface area contributed by atoms with Crippen LogP contribution in [-0.4, -0.2) is 21.2 Å². The Morgan fingerprint density at radius 3 is 2.17 bits per heavy atom. The fourth-order valence-corrected chi connectivity index (χ4v) is 2.71. The van der Waals surface area contributed by atoms with Gasteiger partial charge in [-0.3, -0.25) is 0 Å². The number of aromatic hydroxyl groups is 1. The molecule has 0 aliphatic carbocycles. The Hall–Kier alpha value is -1.32. The lowest BCUT2D eigenvalue weighted by Gasteiger charge is -2.45. The van der Waals surface area contributed by atoms with Crippen LogP contribution in [-0.2, 0) is 5.21 Å². The summed E-state index contributed by atoms with van der Waals surface area (Å²) in [7, 11) is 0. The zero-order chi connectivity index (χ0) is 13.6. The summed E-state index contributed by atoms with van der Waals surface area (Å²) in [5, 5.41) is 22.7. The van der Waals surface area contributed by atoms with Crippen molar-refractivity contribution in [3.63, 3.8) is 0 Å². The lowest BCUT2D eigenvalue weighted by atomic mass is 9.80. The average Bonchev–Trinajstić information content (AvgIpc) is 2.26. The molecule has 1 aromatic rings. The first-order valence-electron chi connectivity index (χ1n) is 6.21. The van der Waals surface area contributed by atoms with Crippen molar-refractivity contribution in [2.45, 2.75) is 45.2 Å². The molecule has 1 aromatic carbocycles. The molecule has 3 heteroatoms. The van der Waals surface area contributed by atoms with Crippen LogP contribution < -0.4 is 0 Å². The molecule has 0 aromatic heterocycles. The number of phenolic OH excluding ortho intramolecular Hbond substituents is 1. The SMILES string of the molecule is CC1(C)C=C(c2ccc(O)cc2)CC(C)(C)N1[O]. The van der Waals surface area contributed by atoms with Gasteiger partial charge in [0, 0.05) is 5.54 Å². The van der Waals surface area contributed by atoms with Gasteiger partial charge in [-0.2, -0.15) is 0 Å². The quantitative estimate of drug-likeness (QED) is 0.825. The van der Waals surface area contributed by atoms with Crippen molar-refractivity contribution in [3.8, 4) is 5.75 Å². The van der Waals surface area contributed by atoms with Crippen LogP contribution in [0.4, 0.5) is 0 Å². The third kappa shape index (κ3) is 2.28. The smallest absolute Gasteiger partial charge is 0.115 e. The molecule has 1 aliphatic heterocycles. The molecule has 1 radical (unpaired) electrons. The molecule has 3 nitrogen and oxygen atoms in total. The van der Waals surface area contributed by atoms with Gasteiger partial charge < -0.3 is 5.11 Å². The van der Waals surface area contributed by atoms with E-state index in [9.17, 15) is 10.3 Å². The summed E-state index contributed by atoms with van der Waals surface area (Å²) in [6, 6.07) is 7.15. The van der Waals surface area contributed by atoms with E-state index in [4.69, 9.17) is 0 Å². The molecule has 0 fully saturated rings.